The van der Waals surface area contributed by atoms with E-state index < -0.39 is 0 Å². The van der Waals surface area contributed by atoms with Crippen molar-refractivity contribution in [2.24, 2.45) is 0 Å². The lowest BCUT2D eigenvalue weighted by Gasteiger charge is -2.34. The number of hydrogen-bond donors (Lipinski definition) is 1. The molecule has 0 aliphatic carbocycles. The summed E-state index contributed by atoms with van der Waals surface area (Å²) in [7, 11) is 2.15. The molecule has 1 aliphatic heterocycles. The van der Waals surface area contributed by atoms with Crippen LogP contribution in [0.5, 0.6) is 0 Å². The number of nitrogens with one attached hydrogen (secondary N) is 1. The van der Waals surface area contributed by atoms with Crippen LogP contribution in [0.4, 0.5) is 11.4 Å². The second-order valence-electron chi connectivity index (χ2n) is 6.43. The van der Waals surface area contributed by atoms with E-state index in [1.165, 1.54) is 10.6 Å². The van der Waals surface area contributed by atoms with Crippen molar-refractivity contribution in [3.05, 3.63) is 60.2 Å². The van der Waals surface area contributed by atoms with E-state index in [4.69, 9.17) is 0 Å². The Bertz CT molecular complexity index is 748. The van der Waals surface area contributed by atoms with E-state index in [9.17, 15) is 4.79 Å². The van der Waals surface area contributed by atoms with Gasteiger partial charge in [-0.15, -0.1) is 11.8 Å². The summed E-state index contributed by atoms with van der Waals surface area (Å²) >= 11 is 1.71. The Balaban J connectivity index is 1.54. The lowest BCUT2D eigenvalue weighted by molar-refractivity contribution is -0.111. The van der Waals surface area contributed by atoms with Gasteiger partial charge in [-0.2, -0.15) is 0 Å². The minimum atomic E-state index is -0.119. The van der Waals surface area contributed by atoms with Gasteiger partial charge in [-0.3, -0.25) is 4.79 Å². The number of carbonyl (C=O) groups excluding carboxylic acids is 1. The third-order valence-corrected chi connectivity index (χ3v) is 5.29. The van der Waals surface area contributed by atoms with Crippen molar-refractivity contribution in [1.82, 2.24) is 4.90 Å². The molecule has 0 bridgehead atoms. The van der Waals surface area contributed by atoms with Crippen LogP contribution in [0.25, 0.3) is 6.08 Å². The van der Waals surface area contributed by atoms with Crippen LogP contribution in [0.15, 0.2) is 59.5 Å². The summed E-state index contributed by atoms with van der Waals surface area (Å²) in [6, 6.07) is 16.2. The van der Waals surface area contributed by atoms with E-state index in [1.54, 1.807) is 17.8 Å². The SMILES string of the molecule is CSc1ccc(/C=C/C(=O)Nc2ccc(N3CCN(C)CC3)cc2)cc1. The van der Waals surface area contributed by atoms with Gasteiger partial charge < -0.3 is 15.1 Å². The summed E-state index contributed by atoms with van der Waals surface area (Å²) < 4.78 is 0. The van der Waals surface area contributed by atoms with Crippen molar-refractivity contribution in [2.75, 3.05) is 49.7 Å². The van der Waals surface area contributed by atoms with Crippen LogP contribution in [0.2, 0.25) is 0 Å². The van der Waals surface area contributed by atoms with Gasteiger partial charge in [0.25, 0.3) is 0 Å². The van der Waals surface area contributed by atoms with E-state index in [-0.39, 0.29) is 5.91 Å². The Morgan fingerprint density at radius 2 is 1.65 bits per heavy atom. The first-order valence-electron chi connectivity index (χ1n) is 8.81. The number of piperazine rings is 1. The van der Waals surface area contributed by atoms with Crippen LogP contribution < -0.4 is 10.2 Å². The molecule has 136 valence electrons. The van der Waals surface area contributed by atoms with Gasteiger partial charge in [0.15, 0.2) is 0 Å². The number of likely N-dealkylation sites (N-methyl/N-ethyl adjacent to an activating group) is 1. The highest BCUT2D eigenvalue weighted by Gasteiger charge is 2.13. The maximum Gasteiger partial charge on any atom is 0.248 e. The molecule has 1 heterocycles. The van der Waals surface area contributed by atoms with E-state index in [1.807, 2.05) is 36.6 Å². The molecule has 5 heteroatoms. The Morgan fingerprint density at radius 1 is 1.00 bits per heavy atom. The summed E-state index contributed by atoms with van der Waals surface area (Å²) in [4.78, 5) is 18.0. The molecule has 1 amide bonds. The van der Waals surface area contributed by atoms with Gasteiger partial charge in [-0.25, -0.2) is 0 Å². The van der Waals surface area contributed by atoms with Gasteiger partial charge in [0.05, 0.1) is 0 Å². The van der Waals surface area contributed by atoms with Crippen molar-refractivity contribution < 1.29 is 4.79 Å². The van der Waals surface area contributed by atoms with Crippen LogP contribution in [0.3, 0.4) is 0 Å². The number of thioether (sulfide) groups is 1. The van der Waals surface area contributed by atoms with Crippen LogP contribution in [-0.4, -0.2) is 50.3 Å². The quantitative estimate of drug-likeness (QED) is 0.644. The standard InChI is InChI=1S/C21H25N3OS/c1-23-13-15-24(16-14-23)19-8-6-18(7-9-19)22-21(25)12-5-17-3-10-20(26-2)11-4-17/h3-12H,13-16H2,1-2H3,(H,22,25)/b12-5+. The first kappa shape index (κ1) is 18.5. The Kier molecular flexibility index (Phi) is 6.36. The molecule has 1 fully saturated rings. The maximum atomic E-state index is 12.1. The highest BCUT2D eigenvalue weighted by Crippen LogP contribution is 2.19. The largest absolute Gasteiger partial charge is 0.369 e. The predicted molar refractivity (Wildman–Crippen MR) is 112 cm³/mol. The van der Waals surface area contributed by atoms with Crippen molar-refractivity contribution >= 4 is 35.1 Å². The zero-order valence-corrected chi connectivity index (χ0v) is 16.1. The molecule has 0 saturated carbocycles. The Morgan fingerprint density at radius 3 is 2.27 bits per heavy atom. The van der Waals surface area contributed by atoms with Crippen LogP contribution in [-0.2, 0) is 4.79 Å². The van der Waals surface area contributed by atoms with E-state index >= 15 is 0 Å². The Labute approximate surface area is 159 Å². The van der Waals surface area contributed by atoms with Crippen LogP contribution in [0, 0.1) is 0 Å². The summed E-state index contributed by atoms with van der Waals surface area (Å²) in [5.74, 6) is -0.119. The van der Waals surface area contributed by atoms with Gasteiger partial charge in [0.2, 0.25) is 5.91 Å². The average molecular weight is 368 g/mol. The molecule has 1 N–H and O–H groups in total. The molecule has 2 aromatic rings. The lowest BCUT2D eigenvalue weighted by atomic mass is 10.2. The molecular formula is C21H25N3OS. The molecule has 2 aromatic carbocycles. The highest BCUT2D eigenvalue weighted by molar-refractivity contribution is 7.98. The third kappa shape index (κ3) is 5.13. The van der Waals surface area contributed by atoms with E-state index in [2.05, 4.69) is 46.4 Å². The number of carbonyl (C=O) groups is 1. The summed E-state index contributed by atoms with van der Waals surface area (Å²) in [6.07, 6.45) is 5.45. The van der Waals surface area contributed by atoms with E-state index in [0.29, 0.717) is 0 Å². The first-order valence-corrected chi connectivity index (χ1v) is 10.0. The fourth-order valence-electron chi connectivity index (χ4n) is 2.89. The topological polar surface area (TPSA) is 35.6 Å². The fraction of sp³-hybridized carbons (Fsp3) is 0.286. The van der Waals surface area contributed by atoms with Gasteiger partial charge >= 0.3 is 0 Å². The molecule has 1 aliphatic rings. The molecule has 1 saturated heterocycles. The smallest absolute Gasteiger partial charge is 0.248 e. The molecular weight excluding hydrogens is 342 g/mol. The van der Waals surface area contributed by atoms with Crippen molar-refractivity contribution in [3.8, 4) is 0 Å². The zero-order chi connectivity index (χ0) is 18.4. The van der Waals surface area contributed by atoms with Crippen molar-refractivity contribution in [1.29, 1.82) is 0 Å². The molecule has 0 radical (unpaired) electrons. The average Bonchev–Trinajstić information content (AvgIpc) is 2.68. The third-order valence-electron chi connectivity index (χ3n) is 4.55. The summed E-state index contributed by atoms with van der Waals surface area (Å²) in [5, 5.41) is 2.92. The summed E-state index contributed by atoms with van der Waals surface area (Å²) in [5.41, 5.74) is 3.04. The summed E-state index contributed by atoms with van der Waals surface area (Å²) in [6.45, 7) is 4.25. The normalized spacial score (nSPS) is 15.4. The number of rotatable bonds is 5. The van der Waals surface area contributed by atoms with Gasteiger partial charge in [0.1, 0.15) is 0 Å². The van der Waals surface area contributed by atoms with Crippen molar-refractivity contribution in [3.63, 3.8) is 0 Å². The molecule has 0 aromatic heterocycles. The molecule has 26 heavy (non-hydrogen) atoms. The number of amides is 1. The minimum Gasteiger partial charge on any atom is -0.369 e. The monoisotopic (exact) mass is 367 g/mol. The molecule has 0 spiro atoms. The van der Waals surface area contributed by atoms with Crippen LogP contribution in [0.1, 0.15) is 5.56 Å². The number of anilines is 2. The zero-order valence-electron chi connectivity index (χ0n) is 15.3. The van der Waals surface area contributed by atoms with E-state index in [0.717, 1.165) is 37.4 Å². The molecule has 0 atom stereocenters. The van der Waals surface area contributed by atoms with Gasteiger partial charge in [-0.1, -0.05) is 12.1 Å². The van der Waals surface area contributed by atoms with Crippen LogP contribution >= 0.6 is 11.8 Å². The molecule has 3 rings (SSSR count). The van der Waals surface area contributed by atoms with Gasteiger partial charge in [0, 0.05) is 48.5 Å². The minimum absolute atomic E-state index is 0.119. The Hall–Kier alpha value is -2.24. The fourth-order valence-corrected chi connectivity index (χ4v) is 3.30. The number of hydrogen-bond acceptors (Lipinski definition) is 4. The predicted octanol–water partition coefficient (Wildman–Crippen LogP) is 3.81. The van der Waals surface area contributed by atoms with Crippen molar-refractivity contribution in [2.45, 2.75) is 4.90 Å². The maximum absolute atomic E-state index is 12.1. The first-order chi connectivity index (χ1) is 12.6. The second kappa shape index (κ2) is 8.92. The number of nitrogens with zero attached hydrogens (tertiary/aromatic N) is 2. The lowest BCUT2D eigenvalue weighted by Crippen LogP contribution is -2.44. The molecule has 0 unspecified atom stereocenters. The highest BCUT2D eigenvalue weighted by atomic mass is 32.2. The second-order valence-corrected chi connectivity index (χ2v) is 7.31. The number of benzene rings is 2. The molecule has 4 nitrogen and oxygen atoms in total. The van der Waals surface area contributed by atoms with Gasteiger partial charge in [-0.05, 0) is 61.3 Å².